The molecular weight excluding hydrogens is 252 g/mol. The van der Waals surface area contributed by atoms with Gasteiger partial charge in [-0.2, -0.15) is 0 Å². The molecule has 1 fully saturated rings. The van der Waals surface area contributed by atoms with E-state index in [-0.39, 0.29) is 23.9 Å². The predicted octanol–water partition coefficient (Wildman–Crippen LogP) is 1.74. The summed E-state index contributed by atoms with van der Waals surface area (Å²) in [6, 6.07) is 9.49. The third kappa shape index (κ3) is 3.18. The molecule has 1 saturated heterocycles. The molecule has 1 heterocycles. The van der Waals surface area contributed by atoms with Gasteiger partial charge in [-0.1, -0.05) is 37.3 Å². The van der Waals surface area contributed by atoms with Crippen LogP contribution in [-0.4, -0.2) is 35.3 Å². The van der Waals surface area contributed by atoms with Gasteiger partial charge in [-0.05, 0) is 31.7 Å². The molecule has 2 amide bonds. The maximum absolute atomic E-state index is 12.3. The molecule has 2 atom stereocenters. The van der Waals surface area contributed by atoms with Crippen molar-refractivity contribution in [3.05, 3.63) is 35.9 Å². The lowest BCUT2D eigenvalue weighted by Crippen LogP contribution is -2.62. The highest BCUT2D eigenvalue weighted by Crippen LogP contribution is 2.13. The molecule has 4 nitrogen and oxygen atoms in total. The van der Waals surface area contributed by atoms with Crippen molar-refractivity contribution < 1.29 is 9.59 Å². The van der Waals surface area contributed by atoms with Gasteiger partial charge in [0.1, 0.15) is 12.1 Å². The minimum Gasteiger partial charge on any atom is -0.343 e. The van der Waals surface area contributed by atoms with Crippen molar-refractivity contribution in [1.82, 2.24) is 10.2 Å². The largest absolute Gasteiger partial charge is 0.343 e. The van der Waals surface area contributed by atoms with Gasteiger partial charge in [-0.25, -0.2) is 0 Å². The molecule has 0 aromatic heterocycles. The topological polar surface area (TPSA) is 49.4 Å². The van der Waals surface area contributed by atoms with Crippen LogP contribution in [0.25, 0.3) is 0 Å². The number of benzene rings is 1. The molecule has 4 heteroatoms. The van der Waals surface area contributed by atoms with Crippen LogP contribution < -0.4 is 5.32 Å². The van der Waals surface area contributed by atoms with Crippen LogP contribution in [0.2, 0.25) is 0 Å². The highest BCUT2D eigenvalue weighted by atomic mass is 16.2. The van der Waals surface area contributed by atoms with E-state index in [1.807, 2.05) is 25.1 Å². The third-order valence-electron chi connectivity index (χ3n) is 3.86. The SMILES string of the molecule is CCC1NC(=O)C(C)N(CCCc2ccccc2)C1=O. The van der Waals surface area contributed by atoms with E-state index >= 15 is 0 Å². The molecule has 2 rings (SSSR count). The Morgan fingerprint density at radius 2 is 1.90 bits per heavy atom. The van der Waals surface area contributed by atoms with E-state index in [1.165, 1.54) is 5.56 Å². The first-order valence-electron chi connectivity index (χ1n) is 7.28. The average Bonchev–Trinajstić information content (AvgIpc) is 2.47. The maximum Gasteiger partial charge on any atom is 0.245 e. The van der Waals surface area contributed by atoms with Gasteiger partial charge in [0.25, 0.3) is 0 Å². The molecule has 20 heavy (non-hydrogen) atoms. The number of nitrogens with one attached hydrogen (secondary N) is 1. The van der Waals surface area contributed by atoms with E-state index in [4.69, 9.17) is 0 Å². The van der Waals surface area contributed by atoms with E-state index < -0.39 is 0 Å². The average molecular weight is 274 g/mol. The van der Waals surface area contributed by atoms with Crippen LogP contribution in [0.3, 0.4) is 0 Å². The number of hydrogen-bond acceptors (Lipinski definition) is 2. The van der Waals surface area contributed by atoms with Gasteiger partial charge in [0.15, 0.2) is 0 Å². The van der Waals surface area contributed by atoms with E-state index in [1.54, 1.807) is 11.8 Å². The zero-order chi connectivity index (χ0) is 14.5. The standard InChI is InChI=1S/C16H22N2O2/c1-3-14-16(20)18(12(2)15(19)17-14)11-7-10-13-8-5-4-6-9-13/h4-6,8-9,12,14H,3,7,10-11H2,1-2H3,(H,17,19). The monoisotopic (exact) mass is 274 g/mol. The van der Waals surface area contributed by atoms with Crippen LogP contribution >= 0.6 is 0 Å². The molecule has 0 aliphatic carbocycles. The fourth-order valence-electron chi connectivity index (χ4n) is 2.57. The quantitative estimate of drug-likeness (QED) is 0.889. The summed E-state index contributed by atoms with van der Waals surface area (Å²) in [5.41, 5.74) is 1.26. The Bertz CT molecular complexity index is 473. The Morgan fingerprint density at radius 3 is 2.55 bits per heavy atom. The summed E-state index contributed by atoms with van der Waals surface area (Å²) >= 11 is 0. The minimum absolute atomic E-state index is 0.0452. The second-order valence-corrected chi connectivity index (χ2v) is 5.27. The molecule has 0 radical (unpaired) electrons. The Kier molecular flexibility index (Phi) is 4.77. The van der Waals surface area contributed by atoms with E-state index in [0.717, 1.165) is 12.8 Å². The van der Waals surface area contributed by atoms with Crippen LogP contribution in [0.4, 0.5) is 0 Å². The van der Waals surface area contributed by atoms with Gasteiger partial charge in [0.05, 0.1) is 0 Å². The summed E-state index contributed by atoms with van der Waals surface area (Å²) in [6.45, 7) is 4.35. The number of hydrogen-bond donors (Lipinski definition) is 1. The van der Waals surface area contributed by atoms with Crippen molar-refractivity contribution in [1.29, 1.82) is 0 Å². The molecule has 1 aliphatic rings. The first-order chi connectivity index (χ1) is 9.63. The summed E-state index contributed by atoms with van der Waals surface area (Å²) in [5.74, 6) is 0.00354. The zero-order valence-corrected chi connectivity index (χ0v) is 12.1. The fourth-order valence-corrected chi connectivity index (χ4v) is 2.57. The molecule has 0 bridgehead atoms. The second-order valence-electron chi connectivity index (χ2n) is 5.27. The van der Waals surface area contributed by atoms with Crippen molar-refractivity contribution in [2.45, 2.75) is 45.2 Å². The smallest absolute Gasteiger partial charge is 0.245 e. The molecule has 0 saturated carbocycles. The van der Waals surface area contributed by atoms with Crippen molar-refractivity contribution in [2.24, 2.45) is 0 Å². The first kappa shape index (κ1) is 14.6. The molecule has 2 unspecified atom stereocenters. The number of carbonyl (C=O) groups excluding carboxylic acids is 2. The van der Waals surface area contributed by atoms with Gasteiger partial charge < -0.3 is 10.2 Å². The van der Waals surface area contributed by atoms with Crippen molar-refractivity contribution >= 4 is 11.8 Å². The maximum atomic E-state index is 12.3. The fraction of sp³-hybridized carbons (Fsp3) is 0.500. The number of aryl methyl sites for hydroxylation is 1. The van der Waals surface area contributed by atoms with Crippen LogP contribution in [0, 0.1) is 0 Å². The van der Waals surface area contributed by atoms with Crippen molar-refractivity contribution in [3.63, 3.8) is 0 Å². The van der Waals surface area contributed by atoms with Gasteiger partial charge >= 0.3 is 0 Å². The summed E-state index contributed by atoms with van der Waals surface area (Å²) in [7, 11) is 0. The normalized spacial score (nSPS) is 22.8. The predicted molar refractivity (Wildman–Crippen MR) is 78.2 cm³/mol. The van der Waals surface area contributed by atoms with Gasteiger partial charge in [0.2, 0.25) is 11.8 Å². The third-order valence-corrected chi connectivity index (χ3v) is 3.86. The molecule has 1 aromatic rings. The molecular formula is C16H22N2O2. The number of nitrogens with zero attached hydrogens (tertiary/aromatic N) is 1. The first-order valence-corrected chi connectivity index (χ1v) is 7.28. The number of amides is 2. The summed E-state index contributed by atoms with van der Waals surface area (Å²) in [4.78, 5) is 25.8. The van der Waals surface area contributed by atoms with Crippen LogP contribution in [0.15, 0.2) is 30.3 Å². The second kappa shape index (κ2) is 6.55. The van der Waals surface area contributed by atoms with Gasteiger partial charge in [-0.3, -0.25) is 9.59 Å². The molecule has 108 valence electrons. The zero-order valence-electron chi connectivity index (χ0n) is 12.1. The van der Waals surface area contributed by atoms with Crippen LogP contribution in [0.5, 0.6) is 0 Å². The van der Waals surface area contributed by atoms with E-state index in [9.17, 15) is 9.59 Å². The highest BCUT2D eigenvalue weighted by molar-refractivity contribution is 5.96. The van der Waals surface area contributed by atoms with Gasteiger partial charge in [0, 0.05) is 6.54 Å². The molecule has 1 aliphatic heterocycles. The Morgan fingerprint density at radius 1 is 1.20 bits per heavy atom. The Hall–Kier alpha value is -1.84. The lowest BCUT2D eigenvalue weighted by molar-refractivity contribution is -0.148. The van der Waals surface area contributed by atoms with E-state index in [2.05, 4.69) is 17.4 Å². The Labute approximate surface area is 120 Å². The van der Waals surface area contributed by atoms with Crippen LogP contribution in [0.1, 0.15) is 32.3 Å². The van der Waals surface area contributed by atoms with Crippen molar-refractivity contribution in [2.75, 3.05) is 6.54 Å². The number of piperazine rings is 1. The summed E-state index contributed by atoms with van der Waals surface area (Å²) < 4.78 is 0. The van der Waals surface area contributed by atoms with Gasteiger partial charge in [-0.15, -0.1) is 0 Å². The summed E-state index contributed by atoms with van der Waals surface area (Å²) in [5, 5.41) is 2.77. The summed E-state index contributed by atoms with van der Waals surface area (Å²) in [6.07, 6.45) is 2.45. The number of rotatable bonds is 5. The lowest BCUT2D eigenvalue weighted by atomic mass is 10.0. The highest BCUT2D eigenvalue weighted by Gasteiger charge is 2.36. The Balaban J connectivity index is 1.92. The lowest BCUT2D eigenvalue weighted by Gasteiger charge is -2.37. The number of carbonyl (C=O) groups is 2. The van der Waals surface area contributed by atoms with E-state index in [0.29, 0.717) is 13.0 Å². The minimum atomic E-state index is -0.360. The van der Waals surface area contributed by atoms with Crippen molar-refractivity contribution in [3.8, 4) is 0 Å². The molecule has 0 spiro atoms. The molecule has 1 aromatic carbocycles. The molecule has 1 N–H and O–H groups in total. The van der Waals surface area contributed by atoms with Crippen LogP contribution in [-0.2, 0) is 16.0 Å².